The molecule has 1 saturated carbocycles. The zero-order chi connectivity index (χ0) is 15.7. The number of rotatable bonds is 5. The summed E-state index contributed by atoms with van der Waals surface area (Å²) in [5, 5.41) is 20.8. The van der Waals surface area contributed by atoms with E-state index in [1.807, 2.05) is 0 Å². The van der Waals surface area contributed by atoms with Crippen molar-refractivity contribution in [1.29, 1.82) is 0 Å². The van der Waals surface area contributed by atoms with Gasteiger partial charge < -0.3 is 10.4 Å². The van der Waals surface area contributed by atoms with Gasteiger partial charge in [-0.1, -0.05) is 17.3 Å². The minimum absolute atomic E-state index is 0.126. The van der Waals surface area contributed by atoms with E-state index in [1.54, 1.807) is 31.2 Å². The van der Waals surface area contributed by atoms with Crippen LogP contribution in [0.4, 0.5) is 0 Å². The lowest BCUT2D eigenvalue weighted by Gasteiger charge is -2.20. The first-order valence-corrected chi connectivity index (χ1v) is 7.33. The molecule has 0 aliphatic heterocycles. The third kappa shape index (κ3) is 2.71. The van der Waals surface area contributed by atoms with Crippen LogP contribution in [-0.2, 0) is 11.3 Å². The Hall–Kier alpha value is -2.28. The van der Waals surface area contributed by atoms with Crippen LogP contribution in [0.25, 0.3) is 10.9 Å². The zero-order valence-electron chi connectivity index (χ0n) is 12.3. The van der Waals surface area contributed by atoms with Gasteiger partial charge in [0, 0.05) is 6.42 Å². The molecule has 2 N–H and O–H groups in total. The number of aliphatic hydroxyl groups excluding tert-OH is 1. The van der Waals surface area contributed by atoms with Crippen molar-refractivity contribution in [3.05, 3.63) is 34.6 Å². The maximum absolute atomic E-state index is 12.2. The number of carbonyl (C=O) groups excluding carboxylic acids is 1. The third-order valence-corrected chi connectivity index (χ3v) is 4.16. The number of amides is 1. The van der Waals surface area contributed by atoms with Gasteiger partial charge in [-0.25, -0.2) is 4.68 Å². The molecule has 116 valence electrons. The lowest BCUT2D eigenvalue weighted by Crippen LogP contribution is -2.44. The van der Waals surface area contributed by atoms with Gasteiger partial charge in [-0.2, -0.15) is 0 Å². The summed E-state index contributed by atoms with van der Waals surface area (Å²) in [6, 6.07) is 6.97. The van der Waals surface area contributed by atoms with Crippen LogP contribution < -0.4 is 10.9 Å². The highest BCUT2D eigenvalue weighted by molar-refractivity contribution is 5.78. The number of carbonyl (C=O) groups is 1. The molecule has 22 heavy (non-hydrogen) atoms. The van der Waals surface area contributed by atoms with Gasteiger partial charge in [0.05, 0.1) is 23.6 Å². The Kier molecular flexibility index (Phi) is 3.66. The minimum Gasteiger partial charge on any atom is -0.391 e. The number of hydrogen-bond acceptors (Lipinski definition) is 5. The van der Waals surface area contributed by atoms with Crippen LogP contribution >= 0.6 is 0 Å². The number of aliphatic hydroxyl groups is 1. The van der Waals surface area contributed by atoms with Gasteiger partial charge in [0.2, 0.25) is 5.91 Å². The Morgan fingerprint density at radius 3 is 2.86 bits per heavy atom. The van der Waals surface area contributed by atoms with Gasteiger partial charge in [-0.05, 0) is 31.9 Å². The smallest absolute Gasteiger partial charge is 0.277 e. The summed E-state index contributed by atoms with van der Waals surface area (Å²) in [5.74, 6) is -0.194. The number of nitrogens with one attached hydrogen (secondary N) is 1. The van der Waals surface area contributed by atoms with Gasteiger partial charge in [-0.15, -0.1) is 5.10 Å². The summed E-state index contributed by atoms with van der Waals surface area (Å²) in [7, 11) is 0. The minimum atomic E-state index is -0.570. The Morgan fingerprint density at radius 1 is 1.45 bits per heavy atom. The van der Waals surface area contributed by atoms with E-state index in [1.165, 1.54) is 4.68 Å². The van der Waals surface area contributed by atoms with Crippen LogP contribution in [0.5, 0.6) is 0 Å². The maximum atomic E-state index is 12.2. The first-order chi connectivity index (χ1) is 10.5. The molecule has 1 aliphatic rings. The Bertz CT molecular complexity index is 765. The fourth-order valence-electron chi connectivity index (χ4n) is 2.50. The van der Waals surface area contributed by atoms with Crippen molar-refractivity contribution in [2.24, 2.45) is 0 Å². The molecule has 0 saturated heterocycles. The second-order valence-electron chi connectivity index (χ2n) is 5.77. The number of benzene rings is 1. The molecule has 1 heterocycles. The molecule has 1 fully saturated rings. The van der Waals surface area contributed by atoms with Gasteiger partial charge >= 0.3 is 0 Å². The van der Waals surface area contributed by atoms with Crippen LogP contribution in [0.1, 0.15) is 26.2 Å². The number of aromatic nitrogens is 3. The van der Waals surface area contributed by atoms with E-state index in [2.05, 4.69) is 15.6 Å². The van der Waals surface area contributed by atoms with E-state index in [0.29, 0.717) is 10.9 Å². The van der Waals surface area contributed by atoms with E-state index in [0.717, 1.165) is 12.8 Å². The summed E-state index contributed by atoms with van der Waals surface area (Å²) in [6.45, 7) is 1.84. The van der Waals surface area contributed by atoms with Gasteiger partial charge in [0.1, 0.15) is 5.52 Å². The van der Waals surface area contributed by atoms with Gasteiger partial charge in [0.25, 0.3) is 5.56 Å². The quantitative estimate of drug-likeness (QED) is 0.823. The first kappa shape index (κ1) is 14.6. The van der Waals surface area contributed by atoms with Crippen LogP contribution in [0.2, 0.25) is 0 Å². The van der Waals surface area contributed by atoms with E-state index >= 15 is 0 Å². The molecule has 0 bridgehead atoms. The van der Waals surface area contributed by atoms with Crippen molar-refractivity contribution in [2.45, 2.75) is 44.4 Å². The van der Waals surface area contributed by atoms with Crippen LogP contribution in [0, 0.1) is 0 Å². The molecule has 1 amide bonds. The van der Waals surface area contributed by atoms with E-state index in [4.69, 9.17) is 0 Å². The Morgan fingerprint density at radius 2 is 2.18 bits per heavy atom. The average Bonchev–Trinajstić information content (AvgIpc) is 3.28. The highest BCUT2D eigenvalue weighted by atomic mass is 16.3. The second-order valence-corrected chi connectivity index (χ2v) is 5.77. The number of aryl methyl sites for hydroxylation is 1. The molecule has 7 heteroatoms. The number of fused-ring (bicyclic) bond motifs is 1. The maximum Gasteiger partial charge on any atom is 0.277 e. The van der Waals surface area contributed by atoms with E-state index in [9.17, 15) is 14.7 Å². The predicted molar refractivity (Wildman–Crippen MR) is 80.2 cm³/mol. The third-order valence-electron chi connectivity index (χ3n) is 4.16. The number of nitrogens with zero attached hydrogens (tertiary/aromatic N) is 3. The van der Waals surface area contributed by atoms with Crippen molar-refractivity contribution >= 4 is 16.8 Å². The molecule has 0 spiro atoms. The normalized spacial score (nSPS) is 17.2. The standard InChI is InChI=1S/C15H18N4O3/c1-10(20)15(7-8-15)16-13(21)6-9-19-14(22)11-4-2-3-5-12(11)17-18-19/h2-5,10,20H,6-9H2,1H3,(H,16,21). The molecule has 1 atom stereocenters. The molecule has 2 aromatic rings. The Balaban J connectivity index is 1.68. The van der Waals surface area contributed by atoms with Crippen LogP contribution in [-0.4, -0.2) is 37.7 Å². The molecule has 1 aromatic heterocycles. The lowest BCUT2D eigenvalue weighted by atomic mass is 10.1. The highest BCUT2D eigenvalue weighted by Gasteiger charge is 2.48. The fraction of sp³-hybridized carbons (Fsp3) is 0.467. The molecule has 1 aromatic carbocycles. The summed E-state index contributed by atoms with van der Waals surface area (Å²) in [6.07, 6.45) is 1.12. The topological polar surface area (TPSA) is 97.1 Å². The summed E-state index contributed by atoms with van der Waals surface area (Å²) < 4.78 is 1.20. The molecular weight excluding hydrogens is 284 g/mol. The fourth-order valence-corrected chi connectivity index (χ4v) is 2.50. The molecule has 1 aliphatic carbocycles. The number of hydrogen-bond donors (Lipinski definition) is 2. The SMILES string of the molecule is CC(O)C1(NC(=O)CCn2nnc3ccccc3c2=O)CC1. The van der Waals surface area contributed by atoms with Crippen molar-refractivity contribution in [1.82, 2.24) is 20.3 Å². The highest BCUT2D eigenvalue weighted by Crippen LogP contribution is 2.38. The van der Waals surface area contributed by atoms with Crippen molar-refractivity contribution in [3.63, 3.8) is 0 Å². The van der Waals surface area contributed by atoms with E-state index < -0.39 is 11.6 Å². The Labute approximate surface area is 126 Å². The van der Waals surface area contributed by atoms with Crippen molar-refractivity contribution in [2.75, 3.05) is 0 Å². The van der Waals surface area contributed by atoms with Crippen molar-refractivity contribution < 1.29 is 9.90 Å². The monoisotopic (exact) mass is 302 g/mol. The summed E-state index contributed by atoms with van der Waals surface area (Å²) in [5.41, 5.74) is -0.189. The van der Waals surface area contributed by atoms with Gasteiger partial charge in [0.15, 0.2) is 0 Å². The molecule has 3 rings (SSSR count). The molecule has 7 nitrogen and oxygen atoms in total. The molecule has 0 radical (unpaired) electrons. The second kappa shape index (κ2) is 5.49. The van der Waals surface area contributed by atoms with E-state index in [-0.39, 0.29) is 24.4 Å². The summed E-state index contributed by atoms with van der Waals surface area (Å²) >= 11 is 0. The van der Waals surface area contributed by atoms with Crippen LogP contribution in [0.3, 0.4) is 0 Å². The van der Waals surface area contributed by atoms with Crippen molar-refractivity contribution in [3.8, 4) is 0 Å². The average molecular weight is 302 g/mol. The predicted octanol–water partition coefficient (Wildman–Crippen LogP) is 0.211. The summed E-state index contributed by atoms with van der Waals surface area (Å²) in [4.78, 5) is 24.2. The lowest BCUT2D eigenvalue weighted by molar-refractivity contribution is -0.123. The first-order valence-electron chi connectivity index (χ1n) is 7.33. The molecular formula is C15H18N4O3. The van der Waals surface area contributed by atoms with Gasteiger partial charge in [-0.3, -0.25) is 9.59 Å². The zero-order valence-corrected chi connectivity index (χ0v) is 12.3. The largest absolute Gasteiger partial charge is 0.391 e. The van der Waals surface area contributed by atoms with Crippen LogP contribution in [0.15, 0.2) is 29.1 Å². The molecule has 1 unspecified atom stereocenters.